The Morgan fingerprint density at radius 1 is 1.18 bits per heavy atom. The second kappa shape index (κ2) is 10.1. The number of rotatable bonds is 7. The van der Waals surface area contributed by atoms with E-state index in [0.29, 0.717) is 42.9 Å². The second-order valence-corrected chi connectivity index (χ2v) is 11.6. The van der Waals surface area contributed by atoms with E-state index in [-0.39, 0.29) is 17.5 Å². The summed E-state index contributed by atoms with van der Waals surface area (Å²) in [5, 5.41) is 8.98. The van der Waals surface area contributed by atoms with E-state index in [1.54, 1.807) is 36.7 Å². The van der Waals surface area contributed by atoms with Crippen molar-refractivity contribution in [2.45, 2.75) is 44.0 Å². The highest BCUT2D eigenvalue weighted by Gasteiger charge is 2.55. The first-order chi connectivity index (χ1) is 18.5. The van der Waals surface area contributed by atoms with Crippen molar-refractivity contribution in [3.8, 4) is 5.69 Å². The molecule has 1 aromatic carbocycles. The molecule has 196 valence electrons. The predicted octanol–water partition coefficient (Wildman–Crippen LogP) is 4.03. The van der Waals surface area contributed by atoms with Gasteiger partial charge in [0.15, 0.2) is 5.78 Å². The van der Waals surface area contributed by atoms with Crippen LogP contribution in [0, 0.1) is 17.2 Å². The summed E-state index contributed by atoms with van der Waals surface area (Å²) in [6.07, 6.45) is 9.73. The van der Waals surface area contributed by atoms with Gasteiger partial charge in [0.05, 0.1) is 41.4 Å². The van der Waals surface area contributed by atoms with Gasteiger partial charge in [0.25, 0.3) is 0 Å². The standard InChI is InChI=1S/C28H29FN6O2S/c1-2-12-33-18-24(17-31-33)38(37)34-13-10-21-14-26-20(16-32-35(26)23-8-6-22(29)7-9-23)15-28(21,19-34)27(36)25-5-3-4-11-30-25/h3-9,11,16-18,21H,2,10,12-15,19H2,1H3. The van der Waals surface area contributed by atoms with E-state index in [2.05, 4.69) is 22.1 Å². The van der Waals surface area contributed by atoms with Gasteiger partial charge in [-0.1, -0.05) is 13.0 Å². The summed E-state index contributed by atoms with van der Waals surface area (Å²) in [5.74, 6) is -0.293. The third-order valence-electron chi connectivity index (χ3n) is 7.79. The molecule has 1 saturated heterocycles. The molecule has 38 heavy (non-hydrogen) atoms. The number of aromatic nitrogens is 5. The number of hydrogen-bond acceptors (Lipinski definition) is 6. The Morgan fingerprint density at radius 3 is 2.79 bits per heavy atom. The van der Waals surface area contributed by atoms with Crippen LogP contribution in [0.3, 0.4) is 0 Å². The lowest BCUT2D eigenvalue weighted by molar-refractivity contribution is 0.0394. The maximum atomic E-state index is 14.2. The van der Waals surface area contributed by atoms with Crippen molar-refractivity contribution in [2.75, 3.05) is 13.1 Å². The second-order valence-electron chi connectivity index (χ2n) is 10.1. The third kappa shape index (κ3) is 4.36. The lowest BCUT2D eigenvalue weighted by atomic mass is 9.60. The molecule has 0 saturated carbocycles. The molecule has 0 N–H and O–H groups in total. The topological polar surface area (TPSA) is 91.9 Å². The molecule has 4 heterocycles. The van der Waals surface area contributed by atoms with Gasteiger partial charge in [-0.25, -0.2) is 9.07 Å². The van der Waals surface area contributed by atoms with E-state index in [1.807, 2.05) is 32.1 Å². The normalized spacial score (nSPS) is 22.0. The fourth-order valence-corrected chi connectivity index (χ4v) is 7.18. The lowest BCUT2D eigenvalue weighted by Gasteiger charge is -2.48. The first-order valence-corrected chi connectivity index (χ1v) is 14.1. The highest BCUT2D eigenvalue weighted by atomic mass is 32.2. The molecular weight excluding hydrogens is 503 g/mol. The molecule has 8 nitrogen and oxygen atoms in total. The SMILES string of the molecule is CCCn1cc([S+]([O-])N2CCC3Cc4c(cnn4-c4ccc(F)cc4)CC3(C(=O)c3ccccn3)C2)cn1. The fraction of sp³-hybridized carbons (Fsp3) is 0.357. The van der Waals surface area contributed by atoms with Crippen molar-refractivity contribution in [1.82, 2.24) is 28.9 Å². The number of nitrogens with zero attached hydrogens (tertiary/aromatic N) is 6. The zero-order valence-corrected chi connectivity index (χ0v) is 22.0. The van der Waals surface area contributed by atoms with Crippen molar-refractivity contribution in [3.05, 3.63) is 90.0 Å². The van der Waals surface area contributed by atoms with E-state index in [4.69, 9.17) is 0 Å². The number of benzene rings is 1. The smallest absolute Gasteiger partial charge is 0.211 e. The average molecular weight is 533 g/mol. The van der Waals surface area contributed by atoms with Gasteiger partial charge >= 0.3 is 0 Å². The monoisotopic (exact) mass is 532 g/mol. The van der Waals surface area contributed by atoms with Crippen LogP contribution in [0.5, 0.6) is 0 Å². The van der Waals surface area contributed by atoms with Crippen molar-refractivity contribution in [2.24, 2.45) is 11.3 Å². The third-order valence-corrected chi connectivity index (χ3v) is 9.18. The average Bonchev–Trinajstić information content (AvgIpc) is 3.58. The number of piperidine rings is 1. The van der Waals surface area contributed by atoms with Gasteiger partial charge in [0.2, 0.25) is 4.90 Å². The van der Waals surface area contributed by atoms with E-state index < -0.39 is 16.8 Å². The van der Waals surface area contributed by atoms with Crippen molar-refractivity contribution >= 4 is 17.1 Å². The first-order valence-electron chi connectivity index (χ1n) is 13.0. The quantitative estimate of drug-likeness (QED) is 0.264. The van der Waals surface area contributed by atoms with Gasteiger partial charge in [-0.2, -0.15) is 10.2 Å². The molecule has 0 bridgehead atoms. The van der Waals surface area contributed by atoms with Gasteiger partial charge in [0, 0.05) is 25.0 Å². The summed E-state index contributed by atoms with van der Waals surface area (Å²) in [6, 6.07) is 11.7. The Morgan fingerprint density at radius 2 is 2.03 bits per heavy atom. The van der Waals surface area contributed by atoms with E-state index in [0.717, 1.165) is 29.9 Å². The summed E-state index contributed by atoms with van der Waals surface area (Å²) < 4.78 is 32.8. The van der Waals surface area contributed by atoms with Gasteiger partial charge in [0.1, 0.15) is 17.7 Å². The molecule has 0 spiro atoms. The molecule has 2 aliphatic rings. The number of carbonyl (C=O) groups is 1. The van der Waals surface area contributed by atoms with Crippen LogP contribution in [0.15, 0.2) is 72.1 Å². The highest BCUT2D eigenvalue weighted by molar-refractivity contribution is 7.89. The van der Waals surface area contributed by atoms with Gasteiger partial charge in [-0.05, 0) is 73.6 Å². The number of pyridine rings is 1. The molecule has 3 atom stereocenters. The Bertz CT molecular complexity index is 1440. The van der Waals surface area contributed by atoms with E-state index in [9.17, 15) is 13.7 Å². The molecule has 10 heteroatoms. The zero-order valence-electron chi connectivity index (χ0n) is 21.2. The summed E-state index contributed by atoms with van der Waals surface area (Å²) >= 11 is -1.43. The van der Waals surface area contributed by atoms with Crippen LogP contribution in [0.25, 0.3) is 5.69 Å². The number of hydrogen-bond donors (Lipinski definition) is 0. The van der Waals surface area contributed by atoms with Crippen LogP contribution in [0.1, 0.15) is 41.5 Å². The number of halogens is 1. The Hall–Kier alpha value is -3.34. The van der Waals surface area contributed by atoms with Crippen LogP contribution >= 0.6 is 0 Å². The number of aryl methyl sites for hydroxylation is 1. The van der Waals surface area contributed by atoms with Crippen molar-refractivity contribution in [1.29, 1.82) is 0 Å². The molecular formula is C28H29FN6O2S. The Balaban J connectivity index is 1.36. The summed E-state index contributed by atoms with van der Waals surface area (Å²) in [7, 11) is 0. The highest BCUT2D eigenvalue weighted by Crippen LogP contribution is 2.48. The first kappa shape index (κ1) is 25.0. The number of carbonyl (C=O) groups excluding carboxylic acids is 1. The predicted molar refractivity (Wildman–Crippen MR) is 141 cm³/mol. The molecule has 4 aromatic rings. The van der Waals surface area contributed by atoms with Gasteiger partial charge in [-0.3, -0.25) is 14.5 Å². The van der Waals surface area contributed by atoms with Crippen LogP contribution in [-0.4, -0.2) is 52.3 Å². The maximum absolute atomic E-state index is 14.2. The van der Waals surface area contributed by atoms with Crippen LogP contribution in [-0.2, 0) is 30.7 Å². The van der Waals surface area contributed by atoms with E-state index in [1.165, 1.54) is 12.1 Å². The lowest BCUT2D eigenvalue weighted by Crippen LogP contribution is -2.57. The Labute approximate surface area is 223 Å². The summed E-state index contributed by atoms with van der Waals surface area (Å²) in [5.41, 5.74) is 2.46. The summed E-state index contributed by atoms with van der Waals surface area (Å²) in [6.45, 7) is 3.81. The molecule has 3 unspecified atom stereocenters. The Kier molecular flexibility index (Phi) is 6.63. The molecule has 1 fully saturated rings. The minimum Gasteiger partial charge on any atom is -0.593 e. The zero-order chi connectivity index (χ0) is 26.3. The molecule has 0 amide bonds. The van der Waals surface area contributed by atoms with Crippen molar-refractivity contribution in [3.63, 3.8) is 0 Å². The number of Topliss-reactive ketones (excluding diaryl/α,β-unsaturated/α-hetero) is 1. The van der Waals surface area contributed by atoms with Crippen LogP contribution < -0.4 is 0 Å². The minimum atomic E-state index is -1.43. The van der Waals surface area contributed by atoms with Crippen LogP contribution in [0.2, 0.25) is 0 Å². The minimum absolute atomic E-state index is 0.0216. The molecule has 1 aliphatic carbocycles. The van der Waals surface area contributed by atoms with E-state index >= 15 is 0 Å². The van der Waals surface area contributed by atoms with Gasteiger partial charge < -0.3 is 4.55 Å². The largest absolute Gasteiger partial charge is 0.593 e. The maximum Gasteiger partial charge on any atom is 0.211 e. The molecule has 6 rings (SSSR count). The molecule has 1 aliphatic heterocycles. The molecule has 3 aromatic heterocycles. The number of ketones is 1. The van der Waals surface area contributed by atoms with Crippen LogP contribution in [0.4, 0.5) is 4.39 Å². The summed E-state index contributed by atoms with van der Waals surface area (Å²) in [4.78, 5) is 19.2. The fourth-order valence-electron chi connectivity index (χ4n) is 5.91. The molecule has 0 radical (unpaired) electrons. The van der Waals surface area contributed by atoms with Gasteiger partial charge in [-0.15, -0.1) is 4.31 Å². The van der Waals surface area contributed by atoms with Crippen molar-refractivity contribution < 1.29 is 13.7 Å². The number of fused-ring (bicyclic) bond motifs is 2.